The molecule has 2 fully saturated rings. The second-order valence-corrected chi connectivity index (χ2v) is 5.27. The smallest absolute Gasteiger partial charge is 0.404 e. The third-order valence-electron chi connectivity index (χ3n) is 3.54. The second kappa shape index (κ2) is 4.58. The van der Waals surface area contributed by atoms with Crippen LogP contribution in [0.2, 0.25) is 0 Å². The summed E-state index contributed by atoms with van der Waals surface area (Å²) in [6, 6.07) is 3.26. The van der Waals surface area contributed by atoms with Gasteiger partial charge in [-0.3, -0.25) is 0 Å². The van der Waals surface area contributed by atoms with Gasteiger partial charge in [0.25, 0.3) is 0 Å². The highest BCUT2D eigenvalue weighted by Gasteiger charge is 2.41. The van der Waals surface area contributed by atoms with Gasteiger partial charge in [0.1, 0.15) is 11.6 Å². The number of hydrogen-bond donors (Lipinski definition) is 1. The summed E-state index contributed by atoms with van der Waals surface area (Å²) < 4.78 is 39.8. The molecule has 1 aromatic heterocycles. The summed E-state index contributed by atoms with van der Waals surface area (Å²) in [5.41, 5.74) is 0. The summed E-state index contributed by atoms with van der Waals surface area (Å²) in [7, 11) is 0. The van der Waals surface area contributed by atoms with Crippen molar-refractivity contribution in [2.24, 2.45) is 11.8 Å². The molecule has 6 heteroatoms. The number of alkyl halides is 3. The Balaban J connectivity index is 1.61. The van der Waals surface area contributed by atoms with Crippen LogP contribution in [0.3, 0.4) is 0 Å². The molecule has 3 nitrogen and oxygen atoms in total. The lowest BCUT2D eigenvalue weighted by molar-refractivity contribution is -0.274. The summed E-state index contributed by atoms with van der Waals surface area (Å²) >= 11 is 0. The van der Waals surface area contributed by atoms with Crippen LogP contribution in [0.4, 0.5) is 19.0 Å². The Kier molecular flexibility index (Phi) is 3.03. The van der Waals surface area contributed by atoms with Crippen LogP contribution < -0.4 is 10.1 Å². The number of rotatable bonds is 5. The Morgan fingerprint density at radius 2 is 1.79 bits per heavy atom. The number of nitrogens with zero attached hydrogens (tertiary/aromatic N) is 1. The number of anilines is 1. The van der Waals surface area contributed by atoms with Gasteiger partial charge in [0, 0.05) is 6.04 Å². The van der Waals surface area contributed by atoms with Crippen LogP contribution in [0.1, 0.15) is 25.7 Å². The highest BCUT2D eigenvalue weighted by Crippen LogP contribution is 2.45. The molecule has 104 valence electrons. The topological polar surface area (TPSA) is 34.1 Å². The number of pyridine rings is 1. The van der Waals surface area contributed by atoms with Gasteiger partial charge in [-0.1, -0.05) is 0 Å². The van der Waals surface area contributed by atoms with E-state index < -0.39 is 6.36 Å². The van der Waals surface area contributed by atoms with E-state index in [1.54, 1.807) is 6.07 Å². The van der Waals surface area contributed by atoms with E-state index in [1.807, 2.05) is 0 Å². The third kappa shape index (κ3) is 3.52. The first-order chi connectivity index (χ1) is 9.01. The van der Waals surface area contributed by atoms with Crippen molar-refractivity contribution in [2.75, 3.05) is 5.32 Å². The molecule has 2 aliphatic carbocycles. The van der Waals surface area contributed by atoms with Crippen molar-refractivity contribution in [1.29, 1.82) is 0 Å². The van der Waals surface area contributed by atoms with E-state index in [0.717, 1.165) is 6.20 Å². The second-order valence-electron chi connectivity index (χ2n) is 5.27. The normalized spacial score (nSPS) is 19.6. The minimum Gasteiger partial charge on any atom is -0.404 e. The maximum atomic E-state index is 12.0. The standard InChI is InChI=1S/C13H15F3N2O/c14-13(15,16)19-10-5-6-11(17-7-10)18-12(8-1-2-8)9-3-4-9/h5-9,12H,1-4H2,(H,17,18). The molecule has 2 aliphatic rings. The lowest BCUT2D eigenvalue weighted by atomic mass is 10.1. The molecule has 3 rings (SSSR count). The SMILES string of the molecule is FC(F)(F)Oc1ccc(NC(C2CC2)C2CC2)nc1. The summed E-state index contributed by atoms with van der Waals surface area (Å²) in [6.45, 7) is 0. The Labute approximate surface area is 109 Å². The zero-order valence-corrected chi connectivity index (χ0v) is 10.3. The first-order valence-corrected chi connectivity index (χ1v) is 6.49. The molecule has 2 saturated carbocycles. The van der Waals surface area contributed by atoms with E-state index in [0.29, 0.717) is 23.7 Å². The molecule has 0 amide bonds. The predicted octanol–water partition coefficient (Wildman–Crippen LogP) is 3.58. The lowest BCUT2D eigenvalue weighted by Gasteiger charge is -2.18. The van der Waals surface area contributed by atoms with E-state index in [4.69, 9.17) is 0 Å². The molecular weight excluding hydrogens is 257 g/mol. The van der Waals surface area contributed by atoms with Crippen LogP contribution in [-0.4, -0.2) is 17.4 Å². The maximum absolute atomic E-state index is 12.0. The van der Waals surface area contributed by atoms with Crippen molar-refractivity contribution in [3.05, 3.63) is 18.3 Å². The molecular formula is C13H15F3N2O. The zero-order valence-electron chi connectivity index (χ0n) is 10.3. The van der Waals surface area contributed by atoms with E-state index in [2.05, 4.69) is 15.0 Å². The largest absolute Gasteiger partial charge is 0.573 e. The van der Waals surface area contributed by atoms with Gasteiger partial charge in [-0.05, 0) is 49.7 Å². The van der Waals surface area contributed by atoms with E-state index >= 15 is 0 Å². The monoisotopic (exact) mass is 272 g/mol. The predicted molar refractivity (Wildman–Crippen MR) is 63.8 cm³/mol. The van der Waals surface area contributed by atoms with Crippen LogP contribution >= 0.6 is 0 Å². The molecule has 0 atom stereocenters. The van der Waals surface area contributed by atoms with Gasteiger partial charge in [0.2, 0.25) is 0 Å². The fourth-order valence-corrected chi connectivity index (χ4v) is 2.36. The zero-order chi connectivity index (χ0) is 13.5. The highest BCUT2D eigenvalue weighted by atomic mass is 19.4. The van der Waals surface area contributed by atoms with Crippen LogP contribution in [0.5, 0.6) is 5.75 Å². The molecule has 1 N–H and O–H groups in total. The van der Waals surface area contributed by atoms with Crippen LogP contribution in [0.25, 0.3) is 0 Å². The van der Waals surface area contributed by atoms with Gasteiger partial charge in [-0.2, -0.15) is 0 Å². The molecule has 19 heavy (non-hydrogen) atoms. The fourth-order valence-electron chi connectivity index (χ4n) is 2.36. The summed E-state index contributed by atoms with van der Waals surface area (Å²) in [5.74, 6) is 1.76. The average Bonchev–Trinajstić information content (AvgIpc) is 3.19. The fraction of sp³-hybridized carbons (Fsp3) is 0.615. The minimum absolute atomic E-state index is 0.285. The number of hydrogen-bond acceptors (Lipinski definition) is 3. The molecule has 0 aliphatic heterocycles. The van der Waals surface area contributed by atoms with Crippen LogP contribution in [0, 0.1) is 11.8 Å². The summed E-state index contributed by atoms with van der Waals surface area (Å²) in [5, 5.41) is 3.35. The minimum atomic E-state index is -4.67. The summed E-state index contributed by atoms with van der Waals surface area (Å²) in [6.07, 6.45) is 1.40. The van der Waals surface area contributed by atoms with Crippen molar-refractivity contribution < 1.29 is 17.9 Å². The maximum Gasteiger partial charge on any atom is 0.573 e. The molecule has 0 spiro atoms. The van der Waals surface area contributed by atoms with Gasteiger partial charge in [0.05, 0.1) is 6.20 Å². The lowest BCUT2D eigenvalue weighted by Crippen LogP contribution is -2.24. The van der Waals surface area contributed by atoms with Crippen molar-refractivity contribution in [2.45, 2.75) is 38.1 Å². The first kappa shape index (κ1) is 12.6. The molecule has 0 aromatic carbocycles. The number of halogens is 3. The average molecular weight is 272 g/mol. The van der Waals surface area contributed by atoms with E-state index in [1.165, 1.54) is 31.7 Å². The highest BCUT2D eigenvalue weighted by molar-refractivity contribution is 5.39. The van der Waals surface area contributed by atoms with Gasteiger partial charge in [-0.25, -0.2) is 4.98 Å². The van der Waals surface area contributed by atoms with Crippen LogP contribution in [-0.2, 0) is 0 Å². The molecule has 0 bridgehead atoms. The van der Waals surface area contributed by atoms with Gasteiger partial charge < -0.3 is 10.1 Å². The number of nitrogens with one attached hydrogen (secondary N) is 1. The first-order valence-electron chi connectivity index (χ1n) is 6.49. The Morgan fingerprint density at radius 1 is 1.16 bits per heavy atom. The molecule has 0 radical (unpaired) electrons. The summed E-state index contributed by atoms with van der Waals surface area (Å²) in [4.78, 5) is 3.99. The van der Waals surface area contributed by atoms with Crippen molar-refractivity contribution in [3.63, 3.8) is 0 Å². The van der Waals surface area contributed by atoms with Crippen molar-refractivity contribution in [1.82, 2.24) is 4.98 Å². The molecule has 0 saturated heterocycles. The van der Waals surface area contributed by atoms with E-state index in [-0.39, 0.29) is 5.75 Å². The Hall–Kier alpha value is -1.46. The quantitative estimate of drug-likeness (QED) is 0.889. The Morgan fingerprint density at radius 3 is 2.21 bits per heavy atom. The van der Waals surface area contributed by atoms with Crippen LogP contribution in [0.15, 0.2) is 18.3 Å². The third-order valence-corrected chi connectivity index (χ3v) is 3.54. The molecule has 1 aromatic rings. The molecule has 0 unspecified atom stereocenters. The van der Waals surface area contributed by atoms with Gasteiger partial charge >= 0.3 is 6.36 Å². The van der Waals surface area contributed by atoms with Gasteiger partial charge in [-0.15, -0.1) is 13.2 Å². The Bertz CT molecular complexity index is 426. The van der Waals surface area contributed by atoms with E-state index in [9.17, 15) is 13.2 Å². The molecule has 1 heterocycles. The number of ether oxygens (including phenoxy) is 1. The van der Waals surface area contributed by atoms with Crippen molar-refractivity contribution in [3.8, 4) is 5.75 Å². The van der Waals surface area contributed by atoms with Gasteiger partial charge in [0.15, 0.2) is 0 Å². The van der Waals surface area contributed by atoms with Crippen molar-refractivity contribution >= 4 is 5.82 Å². The number of aromatic nitrogens is 1.